The summed E-state index contributed by atoms with van der Waals surface area (Å²) in [6.07, 6.45) is 2.09. The smallest absolute Gasteiger partial charge is 0.233 e. The van der Waals surface area contributed by atoms with E-state index >= 15 is 0 Å². The van der Waals surface area contributed by atoms with Crippen LogP contribution in [0.5, 0.6) is 0 Å². The average molecular weight is 269 g/mol. The van der Waals surface area contributed by atoms with Crippen LogP contribution in [0.3, 0.4) is 0 Å². The van der Waals surface area contributed by atoms with Crippen molar-refractivity contribution < 1.29 is 14.0 Å². The van der Waals surface area contributed by atoms with Gasteiger partial charge in [-0.05, 0) is 26.3 Å². The number of rotatable bonds is 7. The van der Waals surface area contributed by atoms with E-state index in [4.69, 9.17) is 14.0 Å². The summed E-state index contributed by atoms with van der Waals surface area (Å²) in [6, 6.07) is 0.356. The van der Waals surface area contributed by atoms with Crippen LogP contribution in [0, 0.1) is 0 Å². The highest BCUT2D eigenvalue weighted by Gasteiger charge is 2.31. The van der Waals surface area contributed by atoms with Gasteiger partial charge in [0.15, 0.2) is 5.82 Å². The molecule has 6 heteroatoms. The molecule has 0 aliphatic carbocycles. The highest BCUT2D eigenvalue weighted by Crippen LogP contribution is 2.24. The highest BCUT2D eigenvalue weighted by atomic mass is 16.5. The zero-order chi connectivity index (χ0) is 13.5. The molecule has 0 aromatic carbocycles. The van der Waals surface area contributed by atoms with Crippen LogP contribution in [-0.4, -0.2) is 42.5 Å². The molecule has 6 nitrogen and oxygen atoms in total. The van der Waals surface area contributed by atoms with Crippen LogP contribution in [-0.2, 0) is 16.1 Å². The van der Waals surface area contributed by atoms with Crippen LogP contribution in [0.15, 0.2) is 4.52 Å². The Kier molecular flexibility index (Phi) is 5.75. The second-order valence-corrected chi connectivity index (χ2v) is 4.72. The summed E-state index contributed by atoms with van der Waals surface area (Å²) in [5, 5.41) is 7.48. The summed E-state index contributed by atoms with van der Waals surface area (Å²) in [4.78, 5) is 4.41. The molecule has 0 spiro atoms. The fourth-order valence-corrected chi connectivity index (χ4v) is 2.23. The second kappa shape index (κ2) is 7.57. The Labute approximate surface area is 113 Å². The molecule has 0 saturated carbocycles. The molecule has 1 saturated heterocycles. The van der Waals surface area contributed by atoms with Crippen molar-refractivity contribution in [1.82, 2.24) is 15.5 Å². The maximum atomic E-state index is 5.54. The van der Waals surface area contributed by atoms with Gasteiger partial charge in [0.05, 0.1) is 12.5 Å². The first-order chi connectivity index (χ1) is 9.35. The van der Waals surface area contributed by atoms with Gasteiger partial charge in [-0.25, -0.2) is 0 Å². The molecular formula is C13H23N3O3. The van der Waals surface area contributed by atoms with E-state index < -0.39 is 0 Å². The zero-order valence-electron chi connectivity index (χ0n) is 11.7. The van der Waals surface area contributed by atoms with E-state index in [-0.39, 0.29) is 5.92 Å². The van der Waals surface area contributed by atoms with Crippen molar-refractivity contribution in [2.75, 3.05) is 26.4 Å². The molecule has 1 fully saturated rings. The molecule has 1 aliphatic heterocycles. The normalized spacial score (nSPS) is 23.7. The molecule has 0 bridgehead atoms. The van der Waals surface area contributed by atoms with Crippen LogP contribution in [0.1, 0.15) is 44.3 Å². The van der Waals surface area contributed by atoms with E-state index in [9.17, 15) is 0 Å². The van der Waals surface area contributed by atoms with Crippen molar-refractivity contribution >= 4 is 0 Å². The molecule has 1 aromatic rings. The summed E-state index contributed by atoms with van der Waals surface area (Å²) in [5.74, 6) is 1.41. The van der Waals surface area contributed by atoms with Crippen LogP contribution < -0.4 is 5.32 Å². The largest absolute Gasteiger partial charge is 0.381 e. The molecule has 1 N–H and O–H groups in total. The Morgan fingerprint density at radius 2 is 2.32 bits per heavy atom. The maximum Gasteiger partial charge on any atom is 0.233 e. The van der Waals surface area contributed by atoms with E-state index in [1.807, 2.05) is 6.92 Å². The van der Waals surface area contributed by atoms with Crippen molar-refractivity contribution in [3.63, 3.8) is 0 Å². The predicted octanol–water partition coefficient (Wildman–Crippen LogP) is 1.48. The lowest BCUT2D eigenvalue weighted by molar-refractivity contribution is 0.0498. The van der Waals surface area contributed by atoms with Gasteiger partial charge in [0.2, 0.25) is 5.89 Å². The Morgan fingerprint density at radius 3 is 3.11 bits per heavy atom. The van der Waals surface area contributed by atoms with Crippen LogP contribution in [0.25, 0.3) is 0 Å². The minimum absolute atomic E-state index is 0.142. The van der Waals surface area contributed by atoms with Crippen LogP contribution in [0.2, 0.25) is 0 Å². The van der Waals surface area contributed by atoms with E-state index in [1.165, 1.54) is 0 Å². The SMILES string of the molecule is CCCNC1CCOCC1c1nc(COCC)no1. The van der Waals surface area contributed by atoms with Crippen LogP contribution >= 0.6 is 0 Å². The molecular weight excluding hydrogens is 246 g/mol. The number of ether oxygens (including phenoxy) is 2. The standard InChI is InChI=1S/C13H23N3O3/c1-3-6-14-11-5-7-18-8-10(11)13-15-12(16-19-13)9-17-4-2/h10-11,14H,3-9H2,1-2H3. The topological polar surface area (TPSA) is 69.4 Å². The van der Waals surface area contributed by atoms with E-state index in [0.29, 0.717) is 37.6 Å². The number of hydrogen-bond acceptors (Lipinski definition) is 6. The summed E-state index contributed by atoms with van der Waals surface area (Å²) in [6.45, 7) is 7.59. The first-order valence-corrected chi connectivity index (χ1v) is 7.06. The number of aromatic nitrogens is 2. The average Bonchev–Trinajstić information content (AvgIpc) is 2.92. The minimum atomic E-state index is 0.142. The molecule has 2 heterocycles. The van der Waals surface area contributed by atoms with E-state index in [0.717, 1.165) is 26.0 Å². The molecule has 108 valence electrons. The molecule has 2 atom stereocenters. The fourth-order valence-electron chi connectivity index (χ4n) is 2.23. The third-order valence-electron chi connectivity index (χ3n) is 3.25. The first kappa shape index (κ1) is 14.4. The molecule has 19 heavy (non-hydrogen) atoms. The van der Waals surface area contributed by atoms with Gasteiger partial charge in [0.25, 0.3) is 0 Å². The third kappa shape index (κ3) is 3.99. The minimum Gasteiger partial charge on any atom is -0.381 e. The molecule has 2 unspecified atom stereocenters. The van der Waals surface area contributed by atoms with Crippen LogP contribution in [0.4, 0.5) is 0 Å². The van der Waals surface area contributed by atoms with Crippen molar-refractivity contribution in [2.24, 2.45) is 0 Å². The van der Waals surface area contributed by atoms with Crippen molar-refractivity contribution in [3.05, 3.63) is 11.7 Å². The second-order valence-electron chi connectivity index (χ2n) is 4.72. The van der Waals surface area contributed by atoms with Gasteiger partial charge in [-0.2, -0.15) is 4.98 Å². The lowest BCUT2D eigenvalue weighted by Crippen LogP contribution is -2.41. The van der Waals surface area contributed by atoms with Gasteiger partial charge in [-0.1, -0.05) is 12.1 Å². The Balaban J connectivity index is 1.98. The van der Waals surface area contributed by atoms with Gasteiger partial charge in [-0.15, -0.1) is 0 Å². The lowest BCUT2D eigenvalue weighted by atomic mass is 9.95. The summed E-state index contributed by atoms with van der Waals surface area (Å²) in [5.41, 5.74) is 0. The van der Waals surface area contributed by atoms with Gasteiger partial charge in [0, 0.05) is 19.3 Å². The predicted molar refractivity (Wildman–Crippen MR) is 69.9 cm³/mol. The Bertz CT molecular complexity index is 370. The summed E-state index contributed by atoms with van der Waals surface area (Å²) < 4.78 is 16.2. The Hall–Kier alpha value is -0.980. The third-order valence-corrected chi connectivity index (χ3v) is 3.25. The highest BCUT2D eigenvalue weighted by molar-refractivity contribution is 5.01. The molecule has 2 rings (SSSR count). The van der Waals surface area contributed by atoms with Gasteiger partial charge in [-0.3, -0.25) is 0 Å². The van der Waals surface area contributed by atoms with Gasteiger partial charge < -0.3 is 19.3 Å². The number of hydrogen-bond donors (Lipinski definition) is 1. The van der Waals surface area contributed by atoms with E-state index in [2.05, 4.69) is 22.4 Å². The van der Waals surface area contributed by atoms with Crippen molar-refractivity contribution in [2.45, 2.75) is 45.3 Å². The molecule has 0 amide bonds. The number of nitrogens with one attached hydrogen (secondary N) is 1. The van der Waals surface area contributed by atoms with Crippen molar-refractivity contribution in [3.8, 4) is 0 Å². The van der Waals surface area contributed by atoms with E-state index in [1.54, 1.807) is 0 Å². The number of nitrogens with zero attached hydrogens (tertiary/aromatic N) is 2. The fraction of sp³-hybridized carbons (Fsp3) is 0.846. The quantitative estimate of drug-likeness (QED) is 0.808. The molecule has 1 aromatic heterocycles. The van der Waals surface area contributed by atoms with Gasteiger partial charge in [0.1, 0.15) is 6.61 Å². The maximum absolute atomic E-state index is 5.54. The van der Waals surface area contributed by atoms with Gasteiger partial charge >= 0.3 is 0 Å². The molecule has 1 aliphatic rings. The summed E-state index contributed by atoms with van der Waals surface area (Å²) >= 11 is 0. The van der Waals surface area contributed by atoms with Crippen molar-refractivity contribution in [1.29, 1.82) is 0 Å². The lowest BCUT2D eigenvalue weighted by Gasteiger charge is -2.29. The Morgan fingerprint density at radius 1 is 1.42 bits per heavy atom. The first-order valence-electron chi connectivity index (χ1n) is 7.06. The monoisotopic (exact) mass is 269 g/mol. The summed E-state index contributed by atoms with van der Waals surface area (Å²) in [7, 11) is 0. The zero-order valence-corrected chi connectivity index (χ0v) is 11.7. The molecule has 0 radical (unpaired) electrons.